The quantitative estimate of drug-likeness (QED) is 0.878. The van der Waals surface area contributed by atoms with Crippen LogP contribution in [0.1, 0.15) is 48.0 Å². The molecule has 0 radical (unpaired) electrons. The second kappa shape index (κ2) is 7.25. The van der Waals surface area contributed by atoms with Crippen LogP contribution >= 0.6 is 0 Å². The van der Waals surface area contributed by atoms with Crippen molar-refractivity contribution >= 4 is 5.91 Å². The van der Waals surface area contributed by atoms with Crippen molar-refractivity contribution in [3.8, 4) is 0 Å². The van der Waals surface area contributed by atoms with Gasteiger partial charge >= 0.3 is 0 Å². The van der Waals surface area contributed by atoms with Crippen LogP contribution in [0.4, 0.5) is 0 Å². The Morgan fingerprint density at radius 3 is 2.59 bits per heavy atom. The van der Waals surface area contributed by atoms with Gasteiger partial charge in [0, 0.05) is 38.3 Å². The highest BCUT2D eigenvalue weighted by atomic mass is 16.5. The van der Waals surface area contributed by atoms with Gasteiger partial charge in [-0.2, -0.15) is 0 Å². The highest BCUT2D eigenvalue weighted by Gasteiger charge is 2.31. The fourth-order valence-corrected chi connectivity index (χ4v) is 3.14. The van der Waals surface area contributed by atoms with Gasteiger partial charge in [-0.25, -0.2) is 0 Å². The van der Waals surface area contributed by atoms with Crippen LogP contribution in [0.5, 0.6) is 0 Å². The van der Waals surface area contributed by atoms with Crippen LogP contribution in [0, 0.1) is 0 Å². The van der Waals surface area contributed by atoms with Crippen molar-refractivity contribution in [2.45, 2.75) is 50.8 Å². The van der Waals surface area contributed by atoms with Crippen molar-refractivity contribution < 1.29 is 9.53 Å². The van der Waals surface area contributed by atoms with Crippen LogP contribution in [0.2, 0.25) is 0 Å². The second-order valence-corrected chi connectivity index (χ2v) is 6.43. The molecule has 0 spiro atoms. The minimum absolute atomic E-state index is 0.0267. The average molecular weight is 302 g/mol. The molecule has 2 aliphatic rings. The molecule has 1 aromatic rings. The second-order valence-electron chi connectivity index (χ2n) is 6.43. The summed E-state index contributed by atoms with van der Waals surface area (Å²) in [5.41, 5.74) is 2.00. The number of hydrogen-bond acceptors (Lipinski definition) is 3. The summed E-state index contributed by atoms with van der Waals surface area (Å²) in [4.78, 5) is 14.2. The summed E-state index contributed by atoms with van der Waals surface area (Å²) < 4.78 is 5.89. The molecular weight excluding hydrogens is 276 g/mol. The molecule has 1 heterocycles. The molecule has 1 amide bonds. The van der Waals surface area contributed by atoms with Gasteiger partial charge in [0.05, 0.1) is 6.10 Å². The SMILES string of the molecule is CNC(=O)c1ccc(CN(CC2CCCCO2)C2CC2)cc1. The number of amides is 1. The van der Waals surface area contributed by atoms with Crippen LogP contribution in [0.15, 0.2) is 24.3 Å². The van der Waals surface area contributed by atoms with E-state index in [1.807, 2.05) is 12.1 Å². The van der Waals surface area contributed by atoms with Gasteiger partial charge < -0.3 is 10.1 Å². The molecule has 22 heavy (non-hydrogen) atoms. The molecule has 4 heteroatoms. The molecule has 0 aromatic heterocycles. The summed E-state index contributed by atoms with van der Waals surface area (Å²) in [6.07, 6.45) is 6.72. The third kappa shape index (κ3) is 4.08. The first-order chi connectivity index (χ1) is 10.8. The van der Waals surface area contributed by atoms with E-state index in [2.05, 4.69) is 22.3 Å². The molecule has 2 fully saturated rings. The number of rotatable bonds is 6. The number of benzene rings is 1. The van der Waals surface area contributed by atoms with Gasteiger partial charge in [0.2, 0.25) is 0 Å². The molecule has 120 valence electrons. The summed E-state index contributed by atoms with van der Waals surface area (Å²) >= 11 is 0. The van der Waals surface area contributed by atoms with Crippen LogP contribution < -0.4 is 5.32 Å². The van der Waals surface area contributed by atoms with Gasteiger partial charge in [-0.3, -0.25) is 9.69 Å². The Kier molecular flexibility index (Phi) is 5.11. The zero-order chi connectivity index (χ0) is 15.4. The van der Waals surface area contributed by atoms with Crippen LogP contribution in [-0.2, 0) is 11.3 Å². The third-order valence-electron chi connectivity index (χ3n) is 4.60. The Balaban J connectivity index is 1.59. The van der Waals surface area contributed by atoms with E-state index in [-0.39, 0.29) is 5.91 Å². The van der Waals surface area contributed by atoms with Gasteiger partial charge in [-0.1, -0.05) is 12.1 Å². The van der Waals surface area contributed by atoms with Crippen molar-refractivity contribution in [3.05, 3.63) is 35.4 Å². The summed E-state index contributed by atoms with van der Waals surface area (Å²) in [6.45, 7) is 2.92. The van der Waals surface area contributed by atoms with E-state index in [9.17, 15) is 4.79 Å². The van der Waals surface area contributed by atoms with Crippen molar-refractivity contribution in [1.29, 1.82) is 0 Å². The van der Waals surface area contributed by atoms with E-state index in [4.69, 9.17) is 4.74 Å². The topological polar surface area (TPSA) is 41.6 Å². The summed E-state index contributed by atoms with van der Waals surface area (Å²) in [5.74, 6) is -0.0267. The number of nitrogens with one attached hydrogen (secondary N) is 1. The number of nitrogens with zero attached hydrogens (tertiary/aromatic N) is 1. The summed E-state index contributed by atoms with van der Waals surface area (Å²) in [7, 11) is 1.66. The fourth-order valence-electron chi connectivity index (χ4n) is 3.14. The summed E-state index contributed by atoms with van der Waals surface area (Å²) in [6, 6.07) is 8.69. The molecule has 1 N–H and O–H groups in total. The van der Waals surface area contributed by atoms with Crippen LogP contribution in [0.25, 0.3) is 0 Å². The zero-order valence-corrected chi connectivity index (χ0v) is 13.4. The lowest BCUT2D eigenvalue weighted by Crippen LogP contribution is -2.36. The lowest BCUT2D eigenvalue weighted by atomic mass is 10.1. The van der Waals surface area contributed by atoms with Gasteiger partial charge in [0.1, 0.15) is 0 Å². The largest absolute Gasteiger partial charge is 0.377 e. The molecule has 1 saturated carbocycles. The van der Waals surface area contributed by atoms with Gasteiger partial charge in [0.15, 0.2) is 0 Å². The van der Waals surface area contributed by atoms with Crippen LogP contribution in [-0.4, -0.2) is 43.2 Å². The van der Waals surface area contributed by atoms with Gasteiger partial charge in [0.25, 0.3) is 5.91 Å². The van der Waals surface area contributed by atoms with E-state index in [0.717, 1.165) is 31.3 Å². The van der Waals surface area contributed by atoms with E-state index in [1.165, 1.54) is 37.7 Å². The monoisotopic (exact) mass is 302 g/mol. The standard InChI is InChI=1S/C18H26N2O2/c1-19-18(21)15-7-5-14(6-8-15)12-20(16-9-10-16)13-17-4-2-3-11-22-17/h5-8,16-17H,2-4,9-13H2,1H3,(H,19,21). The molecule has 1 atom stereocenters. The molecule has 4 nitrogen and oxygen atoms in total. The first-order valence-corrected chi connectivity index (χ1v) is 8.43. The minimum atomic E-state index is -0.0267. The van der Waals surface area contributed by atoms with Gasteiger partial charge in [-0.05, 0) is 49.8 Å². The minimum Gasteiger partial charge on any atom is -0.377 e. The van der Waals surface area contributed by atoms with Crippen molar-refractivity contribution in [3.63, 3.8) is 0 Å². The zero-order valence-electron chi connectivity index (χ0n) is 13.4. The summed E-state index contributed by atoms with van der Waals surface area (Å²) in [5, 5.41) is 2.66. The van der Waals surface area contributed by atoms with E-state index in [1.54, 1.807) is 7.05 Å². The van der Waals surface area contributed by atoms with E-state index in [0.29, 0.717) is 6.10 Å². The predicted molar refractivity (Wildman–Crippen MR) is 86.9 cm³/mol. The molecule has 1 unspecified atom stereocenters. The number of carbonyl (C=O) groups is 1. The lowest BCUT2D eigenvalue weighted by molar-refractivity contribution is -0.00879. The molecule has 1 aliphatic carbocycles. The van der Waals surface area contributed by atoms with E-state index < -0.39 is 0 Å². The smallest absolute Gasteiger partial charge is 0.251 e. The van der Waals surface area contributed by atoms with E-state index >= 15 is 0 Å². The average Bonchev–Trinajstić information content (AvgIpc) is 3.40. The Bertz CT molecular complexity index is 490. The highest BCUT2D eigenvalue weighted by Crippen LogP contribution is 2.29. The molecule has 1 saturated heterocycles. The first-order valence-electron chi connectivity index (χ1n) is 8.43. The molecule has 1 aliphatic heterocycles. The van der Waals surface area contributed by atoms with Crippen molar-refractivity contribution in [2.24, 2.45) is 0 Å². The first kappa shape index (κ1) is 15.5. The molecular formula is C18H26N2O2. The van der Waals surface area contributed by atoms with Crippen LogP contribution in [0.3, 0.4) is 0 Å². The predicted octanol–water partition coefficient (Wildman–Crippen LogP) is 2.58. The fraction of sp³-hybridized carbons (Fsp3) is 0.611. The molecule has 1 aromatic carbocycles. The van der Waals surface area contributed by atoms with Gasteiger partial charge in [-0.15, -0.1) is 0 Å². The van der Waals surface area contributed by atoms with Crippen molar-refractivity contribution in [1.82, 2.24) is 10.2 Å². The Morgan fingerprint density at radius 1 is 1.23 bits per heavy atom. The molecule has 3 rings (SSSR count). The maximum absolute atomic E-state index is 11.6. The maximum atomic E-state index is 11.6. The maximum Gasteiger partial charge on any atom is 0.251 e. The Labute approximate surface area is 132 Å². The number of ether oxygens (including phenoxy) is 1. The molecule has 0 bridgehead atoms. The third-order valence-corrected chi connectivity index (χ3v) is 4.60. The number of hydrogen-bond donors (Lipinski definition) is 1. The Morgan fingerprint density at radius 2 is 2.00 bits per heavy atom. The lowest BCUT2D eigenvalue weighted by Gasteiger charge is -2.30. The highest BCUT2D eigenvalue weighted by molar-refractivity contribution is 5.93. The van der Waals surface area contributed by atoms with Crippen molar-refractivity contribution in [2.75, 3.05) is 20.2 Å². The number of carbonyl (C=O) groups excluding carboxylic acids is 1. The Hall–Kier alpha value is -1.39. The normalized spacial score (nSPS) is 21.8.